The summed E-state index contributed by atoms with van der Waals surface area (Å²) >= 11 is 0. The zero-order valence-electron chi connectivity index (χ0n) is 10.0. The maximum absolute atomic E-state index is 11.8. The van der Waals surface area contributed by atoms with Crippen LogP contribution in [0.4, 0.5) is 0 Å². The molecule has 0 bridgehead atoms. The maximum atomic E-state index is 11.8. The molecule has 88 valence electrons. The number of amides is 1. The zero-order chi connectivity index (χ0) is 11.3. The van der Waals surface area contributed by atoms with E-state index in [-0.39, 0.29) is 11.8 Å². The Bertz CT molecular complexity index is 200. The highest BCUT2D eigenvalue weighted by Crippen LogP contribution is 2.11. The van der Waals surface area contributed by atoms with Gasteiger partial charge in [0, 0.05) is 18.5 Å². The predicted molar refractivity (Wildman–Crippen MR) is 61.8 cm³/mol. The lowest BCUT2D eigenvalue weighted by Gasteiger charge is -2.24. The maximum Gasteiger partial charge on any atom is 0.223 e. The highest BCUT2D eigenvalue weighted by atomic mass is 16.1. The fraction of sp³-hybridized carbons (Fsp3) is 0.909. The van der Waals surface area contributed by atoms with Crippen LogP contribution in [0.15, 0.2) is 0 Å². The molecule has 0 spiro atoms. The third kappa shape index (κ3) is 4.18. The Morgan fingerprint density at radius 2 is 2.07 bits per heavy atom. The molecule has 0 aromatic heterocycles. The minimum atomic E-state index is 0.223. The number of carbonyl (C=O) groups excluding carboxylic acids is 1. The highest BCUT2D eigenvalue weighted by Gasteiger charge is 2.20. The Hall–Kier alpha value is -0.610. The van der Waals surface area contributed by atoms with E-state index in [1.54, 1.807) is 0 Å². The summed E-state index contributed by atoms with van der Waals surface area (Å²) in [5.74, 6) is 0.450. The van der Waals surface area contributed by atoms with E-state index in [1.807, 2.05) is 14.1 Å². The van der Waals surface area contributed by atoms with Crippen molar-refractivity contribution in [3.05, 3.63) is 0 Å². The number of hydrogen-bond acceptors (Lipinski definition) is 3. The second-order valence-electron chi connectivity index (χ2n) is 4.58. The van der Waals surface area contributed by atoms with Crippen LogP contribution in [-0.4, -0.2) is 50.6 Å². The van der Waals surface area contributed by atoms with Gasteiger partial charge in [-0.3, -0.25) is 4.79 Å². The third-order valence-electron chi connectivity index (χ3n) is 3.16. The second-order valence-corrected chi connectivity index (χ2v) is 4.58. The van der Waals surface area contributed by atoms with Gasteiger partial charge in [0.15, 0.2) is 0 Å². The van der Waals surface area contributed by atoms with E-state index in [1.165, 1.54) is 0 Å². The van der Waals surface area contributed by atoms with Crippen LogP contribution in [0.3, 0.4) is 0 Å². The van der Waals surface area contributed by atoms with Gasteiger partial charge in [-0.2, -0.15) is 0 Å². The Morgan fingerprint density at radius 1 is 1.47 bits per heavy atom. The molecule has 1 fully saturated rings. The van der Waals surface area contributed by atoms with E-state index in [4.69, 9.17) is 0 Å². The molecule has 15 heavy (non-hydrogen) atoms. The fourth-order valence-electron chi connectivity index (χ4n) is 1.66. The van der Waals surface area contributed by atoms with Crippen molar-refractivity contribution >= 4 is 5.91 Å². The van der Waals surface area contributed by atoms with Crippen LogP contribution >= 0.6 is 0 Å². The quantitative estimate of drug-likeness (QED) is 0.694. The number of rotatable bonds is 4. The first-order valence-corrected chi connectivity index (χ1v) is 5.76. The molecule has 2 N–H and O–H groups in total. The summed E-state index contributed by atoms with van der Waals surface area (Å²) in [6.45, 7) is 4.81. The average molecular weight is 213 g/mol. The molecule has 0 radical (unpaired) electrons. The molecule has 1 unspecified atom stereocenters. The molecular formula is C11H23N3O. The van der Waals surface area contributed by atoms with E-state index in [2.05, 4.69) is 22.5 Å². The van der Waals surface area contributed by atoms with Crippen molar-refractivity contribution in [2.45, 2.75) is 25.8 Å². The zero-order valence-corrected chi connectivity index (χ0v) is 10.0. The first-order chi connectivity index (χ1) is 7.11. The van der Waals surface area contributed by atoms with Crippen LogP contribution in [0.5, 0.6) is 0 Å². The van der Waals surface area contributed by atoms with E-state index in [0.29, 0.717) is 6.04 Å². The van der Waals surface area contributed by atoms with Gasteiger partial charge >= 0.3 is 0 Å². The lowest BCUT2D eigenvalue weighted by atomic mass is 9.97. The van der Waals surface area contributed by atoms with Crippen LogP contribution in [0.1, 0.15) is 19.8 Å². The number of likely N-dealkylation sites (N-methyl/N-ethyl adjacent to an activating group) is 1. The molecule has 1 aliphatic rings. The molecule has 4 nitrogen and oxygen atoms in total. The largest absolute Gasteiger partial charge is 0.354 e. The summed E-state index contributed by atoms with van der Waals surface area (Å²) in [6.07, 6.45) is 1.95. The minimum Gasteiger partial charge on any atom is -0.354 e. The van der Waals surface area contributed by atoms with Crippen molar-refractivity contribution in [3.8, 4) is 0 Å². The van der Waals surface area contributed by atoms with Gasteiger partial charge in [0.2, 0.25) is 5.91 Å². The molecule has 1 atom stereocenters. The van der Waals surface area contributed by atoms with Crippen molar-refractivity contribution in [2.75, 3.05) is 33.7 Å². The van der Waals surface area contributed by atoms with E-state index < -0.39 is 0 Å². The van der Waals surface area contributed by atoms with Crippen molar-refractivity contribution in [2.24, 2.45) is 5.92 Å². The molecule has 1 heterocycles. The number of hydrogen-bond donors (Lipinski definition) is 2. The second kappa shape index (κ2) is 6.08. The highest BCUT2D eigenvalue weighted by molar-refractivity contribution is 5.78. The Kier molecular flexibility index (Phi) is 5.05. The summed E-state index contributed by atoms with van der Waals surface area (Å²) in [5.41, 5.74) is 0. The van der Waals surface area contributed by atoms with Gasteiger partial charge < -0.3 is 15.5 Å². The van der Waals surface area contributed by atoms with Crippen molar-refractivity contribution < 1.29 is 4.79 Å². The topological polar surface area (TPSA) is 44.4 Å². The summed E-state index contributed by atoms with van der Waals surface area (Å²) in [5, 5.41) is 6.29. The molecule has 1 amide bonds. The van der Waals surface area contributed by atoms with Gasteiger partial charge in [-0.1, -0.05) is 0 Å². The lowest BCUT2D eigenvalue weighted by Crippen LogP contribution is -2.43. The number of piperidine rings is 1. The number of carbonyl (C=O) groups is 1. The van der Waals surface area contributed by atoms with Crippen LogP contribution in [0.25, 0.3) is 0 Å². The molecular weight excluding hydrogens is 190 g/mol. The van der Waals surface area contributed by atoms with Crippen molar-refractivity contribution in [3.63, 3.8) is 0 Å². The van der Waals surface area contributed by atoms with Gasteiger partial charge in [-0.15, -0.1) is 0 Å². The number of nitrogens with zero attached hydrogens (tertiary/aromatic N) is 1. The Balaban J connectivity index is 2.22. The van der Waals surface area contributed by atoms with Gasteiger partial charge in [-0.05, 0) is 47.0 Å². The molecule has 4 heteroatoms. The van der Waals surface area contributed by atoms with Crippen molar-refractivity contribution in [1.29, 1.82) is 0 Å². The molecule has 0 aromatic carbocycles. The van der Waals surface area contributed by atoms with Gasteiger partial charge in [0.1, 0.15) is 0 Å². The predicted octanol–water partition coefficient (Wildman–Crippen LogP) is 0.0523. The van der Waals surface area contributed by atoms with Gasteiger partial charge in [0.25, 0.3) is 0 Å². The third-order valence-corrected chi connectivity index (χ3v) is 3.16. The molecule has 0 aliphatic carbocycles. The Morgan fingerprint density at radius 3 is 2.60 bits per heavy atom. The average Bonchev–Trinajstić information content (AvgIpc) is 2.26. The molecule has 0 saturated carbocycles. The summed E-state index contributed by atoms with van der Waals surface area (Å²) in [6, 6.07) is 0.399. The molecule has 1 saturated heterocycles. The van der Waals surface area contributed by atoms with Crippen LogP contribution in [0, 0.1) is 5.92 Å². The summed E-state index contributed by atoms with van der Waals surface area (Å²) in [7, 11) is 4.06. The molecule has 1 aliphatic heterocycles. The fourth-order valence-corrected chi connectivity index (χ4v) is 1.66. The monoisotopic (exact) mass is 213 g/mol. The number of nitrogens with one attached hydrogen (secondary N) is 2. The SMILES string of the molecule is CC(CNC(=O)C1CCNCC1)N(C)C. The van der Waals surface area contributed by atoms with Crippen molar-refractivity contribution in [1.82, 2.24) is 15.5 Å². The standard InChI is InChI=1S/C11H23N3O/c1-9(14(2)3)8-13-11(15)10-4-6-12-7-5-10/h9-10,12H,4-8H2,1-3H3,(H,13,15). The molecule has 1 rings (SSSR count). The molecule has 0 aromatic rings. The van der Waals surface area contributed by atoms with Crippen LogP contribution in [-0.2, 0) is 4.79 Å². The van der Waals surface area contributed by atoms with E-state index in [0.717, 1.165) is 32.5 Å². The first kappa shape index (κ1) is 12.5. The summed E-state index contributed by atoms with van der Waals surface area (Å²) in [4.78, 5) is 13.9. The minimum absolute atomic E-state index is 0.223. The van der Waals surface area contributed by atoms with Crippen LogP contribution < -0.4 is 10.6 Å². The van der Waals surface area contributed by atoms with E-state index >= 15 is 0 Å². The summed E-state index contributed by atoms with van der Waals surface area (Å²) < 4.78 is 0. The van der Waals surface area contributed by atoms with Gasteiger partial charge in [-0.25, -0.2) is 0 Å². The Labute approximate surface area is 92.4 Å². The van der Waals surface area contributed by atoms with E-state index in [9.17, 15) is 4.79 Å². The smallest absolute Gasteiger partial charge is 0.223 e. The first-order valence-electron chi connectivity index (χ1n) is 5.76. The van der Waals surface area contributed by atoms with Gasteiger partial charge in [0.05, 0.1) is 0 Å². The lowest BCUT2D eigenvalue weighted by molar-refractivity contribution is -0.125. The van der Waals surface area contributed by atoms with Crippen LogP contribution in [0.2, 0.25) is 0 Å². The normalized spacial score (nSPS) is 20.3.